The molecule has 4 radical (unpaired) electrons. The predicted octanol–water partition coefficient (Wildman–Crippen LogP) is 12.1. The van der Waals surface area contributed by atoms with Gasteiger partial charge in [-0.05, 0) is 147 Å². The fourth-order valence-corrected chi connectivity index (χ4v) is 13.3. The first-order valence-electron chi connectivity index (χ1n) is 39.1. The Kier molecular flexibility index (Phi) is 34.5. The van der Waals surface area contributed by atoms with Crippen molar-refractivity contribution in [2.45, 2.75) is 68.7 Å². The molecule has 8 N–H and O–H groups in total. The third kappa shape index (κ3) is 29.5. The molecule has 12 rings (SSSR count). The minimum Gasteiger partial charge on any atom is -0.453 e. The van der Waals surface area contributed by atoms with Gasteiger partial charge in [0.15, 0.2) is 11.6 Å². The SMILES string of the molecule is C.C.COC(=O)N1CCN(Cc2ccc(F)c(NC(=O)Nc3ccc(C)nc3)c2)CC1.Cc1ccc(NC(=O)Nc2cc(CN3CCN(S(=O)(=O)N(C)C)CC3)ccc2F)cn1.[2H][2H].[2H][2H].[B]C(=O)N1CCN(Cc2ccc(F)c(NC(=O)Nc3ccc(C)nc3)c2)CC1.[B]C(=O)N1CCN(Cc2ccc(F)c(NC(=O)Nc3ccc(C)nc3)c2)CC1. The minimum absolute atomic E-state index is 0. The molecule has 4 aromatic heterocycles. The number of amides is 11. The molecule has 31 nitrogen and oxygen atoms in total. The van der Waals surface area contributed by atoms with Gasteiger partial charge in [0, 0.05) is 174 Å². The lowest BCUT2D eigenvalue weighted by Gasteiger charge is -2.35. The molecule has 0 aliphatic carbocycles. The third-order valence-electron chi connectivity index (χ3n) is 18.7. The number of piperazine rings is 4. The van der Waals surface area contributed by atoms with Gasteiger partial charge in [-0.3, -0.25) is 49.1 Å². The van der Waals surface area contributed by atoms with Gasteiger partial charge in [0.1, 0.15) is 23.3 Å². The van der Waals surface area contributed by atoms with Crippen LogP contribution in [0.15, 0.2) is 146 Å². The lowest BCUT2D eigenvalue weighted by atomic mass is 10.1. The van der Waals surface area contributed by atoms with Gasteiger partial charge in [0.25, 0.3) is 10.2 Å². The topological polar surface area (TPSA) is 340 Å². The maximum absolute atomic E-state index is 14.2. The number of benzene rings is 4. The van der Waals surface area contributed by atoms with Crippen molar-refractivity contribution >= 4 is 113 Å². The molecule has 0 bridgehead atoms. The van der Waals surface area contributed by atoms with Crippen molar-refractivity contribution < 1.29 is 70.2 Å². The normalized spacial score (nSPS) is 14.7. The number of ether oxygens (including phenoxy) is 1. The third-order valence-corrected chi connectivity index (χ3v) is 20.7. The van der Waals surface area contributed by atoms with Crippen molar-refractivity contribution in [2.75, 3.05) is 168 Å². The molecule has 4 saturated heterocycles. The number of nitrogens with one attached hydrogen (secondary N) is 8. The molecule has 4 aliphatic heterocycles. The van der Waals surface area contributed by atoms with Gasteiger partial charge in [-0.1, -0.05) is 39.1 Å². The molecule has 8 aromatic rings. The molecule has 38 heteroatoms. The van der Waals surface area contributed by atoms with Gasteiger partial charge in [-0.2, -0.15) is 17.0 Å². The van der Waals surface area contributed by atoms with Crippen molar-refractivity contribution in [1.29, 1.82) is 0 Å². The summed E-state index contributed by atoms with van der Waals surface area (Å²) in [5.41, 5.74) is 9.19. The molecule has 0 atom stereocenters. The predicted molar refractivity (Wildman–Crippen MR) is 454 cm³/mol. The fourth-order valence-electron chi connectivity index (χ4n) is 12.2. The zero-order chi connectivity index (χ0) is 87.6. The van der Waals surface area contributed by atoms with Gasteiger partial charge < -0.3 is 62.0 Å². The van der Waals surface area contributed by atoms with Gasteiger partial charge in [0.2, 0.25) is 15.7 Å². The van der Waals surface area contributed by atoms with Crippen LogP contribution in [0.1, 0.15) is 65.8 Å². The zero-order valence-electron chi connectivity index (χ0n) is 69.5. The Morgan fingerprint density at radius 1 is 0.390 bits per heavy atom. The number of pyridine rings is 4. The van der Waals surface area contributed by atoms with E-state index in [2.05, 4.69) is 82.1 Å². The maximum atomic E-state index is 14.2. The number of aromatic nitrogens is 4. The lowest BCUT2D eigenvalue weighted by Crippen LogP contribution is -2.51. The monoisotopic (exact) mass is 1650 g/mol. The highest BCUT2D eigenvalue weighted by atomic mass is 32.2. The van der Waals surface area contributed by atoms with Crippen molar-refractivity contribution in [3.8, 4) is 0 Å². The number of carbonyl (C=O) groups excluding carboxylic acids is 7. The maximum Gasteiger partial charge on any atom is 0.409 e. The van der Waals surface area contributed by atoms with E-state index >= 15 is 0 Å². The first kappa shape index (κ1) is 90.2. The van der Waals surface area contributed by atoms with Crippen LogP contribution in [0, 0.1) is 51.0 Å². The molecule has 8 heterocycles. The van der Waals surface area contributed by atoms with Crippen LogP contribution < -0.4 is 42.5 Å². The largest absolute Gasteiger partial charge is 0.453 e. The molecular weight excluding hydrogens is 1540 g/mol. The van der Waals surface area contributed by atoms with E-state index in [9.17, 15) is 59.5 Å². The number of nitrogens with zero attached hydrogens (tertiary/aromatic N) is 13. The van der Waals surface area contributed by atoms with Crippen LogP contribution in [0.2, 0.25) is 0 Å². The average Bonchev–Trinajstić information content (AvgIpc) is 0.844. The number of rotatable bonds is 18. The number of urea groups is 4. The van der Waals surface area contributed by atoms with E-state index in [0.717, 1.165) is 45.0 Å². The molecule has 630 valence electrons. The standard InChI is InChI=1S/C20H27FN6O3S.C20H24FN5O3.2C19H21BFN5O2.2CH4.2H2/c1-15-4-6-17(13-22-15)23-20(28)24-19-12-16(5-7-18(19)21)14-26-8-10-27(11-9-26)31(29,30)25(2)3;1-14-3-5-16(12-22-14)23-19(27)24-18-11-15(4-6-17(18)21)13-25-7-9-26(10-8-25)20(28)29-2;2*1-13-2-4-15(11-22-13)23-19(28)24-17-10-14(3-5-16(17)21)12-25-6-8-26(9-7-25)18(20)27;;;;/h4-7,12-13H,8-11,14H2,1-3H3,(H2,23,24,28);3-6,11-12H,7-10,13H2,1-2H3,(H2,23,24,27);2*2-5,10-11H,6-9,12H2,1H3,(H2,23,24,28);2*1H4;2*1H/i;;;;;;2*1+1D. The lowest BCUT2D eigenvalue weighted by molar-refractivity contribution is 0.0888. The van der Waals surface area contributed by atoms with Crippen molar-refractivity contribution in [3.63, 3.8) is 0 Å². The van der Waals surface area contributed by atoms with Gasteiger partial charge in [0.05, 0.1) is 77.4 Å². The van der Waals surface area contributed by atoms with Crippen LogP contribution in [0.3, 0.4) is 0 Å². The van der Waals surface area contributed by atoms with Crippen LogP contribution in [-0.2, 0) is 41.1 Å². The second kappa shape index (κ2) is 45.2. The summed E-state index contributed by atoms with van der Waals surface area (Å²) in [6.07, 6.45) is 5.81. The molecule has 4 fully saturated rings. The smallest absolute Gasteiger partial charge is 0.409 e. The van der Waals surface area contributed by atoms with Crippen LogP contribution in [0.4, 0.5) is 96.6 Å². The second-order valence-electron chi connectivity index (χ2n) is 27.7. The number of hydrogen-bond acceptors (Lipinski definition) is 18. The minimum atomic E-state index is -3.42. The molecule has 118 heavy (non-hydrogen) atoms. The van der Waals surface area contributed by atoms with Gasteiger partial charge in [-0.15, -0.1) is 0 Å². The Hall–Kier alpha value is -11.7. The van der Waals surface area contributed by atoms with E-state index in [1.165, 1.54) is 78.9 Å². The number of halogens is 4. The highest BCUT2D eigenvalue weighted by Gasteiger charge is 2.30. The average molecular weight is 1650 g/mol. The number of hydrogen-bond donors (Lipinski definition) is 8. The van der Waals surface area contributed by atoms with Gasteiger partial charge >= 0.3 is 30.2 Å². The highest BCUT2D eigenvalue weighted by molar-refractivity contribution is 7.86. The first-order chi connectivity index (χ1) is 57.4. The summed E-state index contributed by atoms with van der Waals surface area (Å²) < 4.78 is 108. The van der Waals surface area contributed by atoms with Crippen LogP contribution in [0.25, 0.3) is 0 Å². The number of anilines is 8. The Balaban J connectivity index is 0.000000284. The molecule has 11 amide bonds. The van der Waals surface area contributed by atoms with Crippen molar-refractivity contribution in [2.24, 2.45) is 0 Å². The van der Waals surface area contributed by atoms with E-state index in [0.29, 0.717) is 154 Å². The Labute approximate surface area is 694 Å². The molecule has 0 spiro atoms. The summed E-state index contributed by atoms with van der Waals surface area (Å²) in [6, 6.07) is 30.2. The van der Waals surface area contributed by atoms with Crippen LogP contribution in [-0.4, -0.2) is 255 Å². The highest BCUT2D eigenvalue weighted by Crippen LogP contribution is 2.25. The van der Waals surface area contributed by atoms with Crippen molar-refractivity contribution in [3.05, 3.63) is 214 Å². The molecule has 4 aromatic carbocycles. The Morgan fingerprint density at radius 2 is 0.627 bits per heavy atom. The van der Waals surface area contributed by atoms with Crippen molar-refractivity contribution in [1.82, 2.24) is 62.8 Å². The molecular formula is C80H105B2F4N21O10S. The molecule has 4 aliphatic rings. The zero-order valence-corrected chi connectivity index (χ0v) is 66.3. The summed E-state index contributed by atoms with van der Waals surface area (Å²) in [6.45, 7) is 19.1. The molecule has 0 unspecified atom stereocenters. The van der Waals surface area contributed by atoms with Crippen LogP contribution >= 0.6 is 0 Å². The number of carbonyl (C=O) groups is 7. The fraction of sp³-hybridized carbons (Fsp3) is 0.362. The summed E-state index contributed by atoms with van der Waals surface area (Å²) in [5, 5.41) is 20.6. The quantitative estimate of drug-likeness (QED) is 0.0292. The summed E-state index contributed by atoms with van der Waals surface area (Å²) in [5.74, 6) is -2.91. The second-order valence-corrected chi connectivity index (χ2v) is 29.9. The van der Waals surface area contributed by atoms with E-state index in [1.807, 2.05) is 27.7 Å². The van der Waals surface area contributed by atoms with E-state index in [-0.39, 0.29) is 43.7 Å². The Morgan fingerprint density at radius 3 is 0.839 bits per heavy atom. The van der Waals surface area contributed by atoms with E-state index in [1.54, 1.807) is 112 Å². The van der Waals surface area contributed by atoms with E-state index < -0.39 is 69.2 Å². The summed E-state index contributed by atoms with van der Waals surface area (Å²) >= 11 is 0. The number of methoxy groups -OCH3 is 1. The van der Waals surface area contributed by atoms with E-state index in [4.69, 9.17) is 26.4 Å². The summed E-state index contributed by atoms with van der Waals surface area (Å²) in [4.78, 5) is 112. The van der Waals surface area contributed by atoms with Gasteiger partial charge in [-0.25, -0.2) is 41.5 Å². The molecule has 0 saturated carbocycles. The summed E-state index contributed by atoms with van der Waals surface area (Å²) in [7, 11) is 11.6. The number of aryl methyl sites for hydroxylation is 4. The first-order valence-corrected chi connectivity index (χ1v) is 38.5. The Bertz CT molecular complexity index is 4680. The van der Waals surface area contributed by atoms with Crippen LogP contribution in [0.5, 0.6) is 0 Å².